The molecule has 44 heavy (non-hydrogen) atoms. The molecule has 1 aromatic heterocycles. The van der Waals surface area contributed by atoms with Gasteiger partial charge in [-0.15, -0.1) is 0 Å². The number of amides is 1. The van der Waals surface area contributed by atoms with E-state index in [0.29, 0.717) is 5.56 Å². The summed E-state index contributed by atoms with van der Waals surface area (Å²) in [7, 11) is 1.11. The number of aromatic amines is 1. The van der Waals surface area contributed by atoms with Crippen LogP contribution >= 0.6 is 24.0 Å². The third-order valence-electron chi connectivity index (χ3n) is 8.32. The maximum Gasteiger partial charge on any atom is 0.260 e. The third kappa shape index (κ3) is 3.35. The Morgan fingerprint density at radius 1 is 0.977 bits per heavy atom. The molecule has 1 amide bonds. The van der Waals surface area contributed by atoms with Crippen LogP contribution in [0.25, 0.3) is 22.3 Å². The van der Waals surface area contributed by atoms with Gasteiger partial charge in [0.25, 0.3) is 11.5 Å². The lowest BCUT2D eigenvalue weighted by atomic mass is 9.78. The molecule has 220 valence electrons. The van der Waals surface area contributed by atoms with Gasteiger partial charge in [-0.3, -0.25) is 28.8 Å². The number of nitrogens with zero attached hydrogens (tertiary/aromatic N) is 2. The second-order valence-electron chi connectivity index (χ2n) is 10.4. The smallest absolute Gasteiger partial charge is 0.260 e. The summed E-state index contributed by atoms with van der Waals surface area (Å²) in [5.74, 6) is -2.83. The zero-order valence-electron chi connectivity index (χ0n) is 22.3. The maximum atomic E-state index is 13.6. The zero-order chi connectivity index (χ0) is 31.4. The number of carbonyl (C=O) groups is 1. The number of fused-ring (bicyclic) bond motifs is 4. The average Bonchev–Trinajstić information content (AvgIpc) is 3.60. The first-order chi connectivity index (χ1) is 20.9. The Morgan fingerprint density at radius 3 is 2.30 bits per heavy atom. The Morgan fingerprint density at radius 2 is 1.66 bits per heavy atom. The standard InChI is InChI=1S/C29H17N3O10S2/c1-42-13-6-12(33)16-17(21(13)35)23(37)19-18(22(16)36)25(39)29(26(19)40)3-2-9-4-10-5-11(7-30-32-14(34)8-44-28(32)43)31-27(41)15(10)24(38)20(9)29/h4-7,38-40H,2-3,8H2,1H3,(H,31,41). The molecule has 0 radical (unpaired) electrons. The number of aliphatic hydroxyl groups excluding tert-OH is 2. The second kappa shape index (κ2) is 9.17. The highest BCUT2D eigenvalue weighted by Gasteiger charge is 2.53. The number of H-pyrrole nitrogens is 1. The number of hydrazone groups is 1. The minimum absolute atomic E-state index is 0.0988. The van der Waals surface area contributed by atoms with Crippen molar-refractivity contribution in [3.05, 3.63) is 107 Å². The van der Waals surface area contributed by atoms with E-state index in [0.717, 1.165) is 29.9 Å². The van der Waals surface area contributed by atoms with Gasteiger partial charge in [-0.05, 0) is 29.9 Å². The molecule has 2 aromatic rings. The molecule has 1 saturated heterocycles. The molecular formula is C29H17N3O10S2. The molecule has 7 rings (SSSR count). The molecule has 4 aliphatic carbocycles. The highest BCUT2D eigenvalue weighted by Crippen LogP contribution is 2.54. The van der Waals surface area contributed by atoms with Crippen LogP contribution in [0.2, 0.25) is 0 Å². The van der Waals surface area contributed by atoms with Crippen LogP contribution in [0, 0.1) is 10.4 Å². The number of carbonyl (C=O) groups excluding carboxylic acids is 1. The molecule has 0 saturated carbocycles. The van der Waals surface area contributed by atoms with Crippen molar-refractivity contribution in [2.24, 2.45) is 5.10 Å². The normalized spacial score (nSPS) is 19.3. The van der Waals surface area contributed by atoms with E-state index in [4.69, 9.17) is 17.0 Å². The number of thioether (sulfide) groups is 1. The van der Waals surface area contributed by atoms with Gasteiger partial charge in [0.15, 0.2) is 15.5 Å². The van der Waals surface area contributed by atoms with E-state index in [-0.39, 0.29) is 50.9 Å². The molecule has 4 N–H and O–H groups in total. The van der Waals surface area contributed by atoms with Crippen LogP contribution in [0.1, 0.15) is 23.2 Å². The van der Waals surface area contributed by atoms with Crippen LogP contribution in [0.5, 0.6) is 11.5 Å². The summed E-state index contributed by atoms with van der Waals surface area (Å²) >= 11 is 6.24. The van der Waals surface area contributed by atoms with Gasteiger partial charge in [0.05, 0.1) is 51.0 Å². The number of thiocarbonyl (C=S) groups is 1. The summed E-state index contributed by atoms with van der Waals surface area (Å²) in [5, 5.41) is 36.9. The lowest BCUT2D eigenvalue weighted by Gasteiger charge is -2.27. The second-order valence-corrected chi connectivity index (χ2v) is 12.1. The van der Waals surface area contributed by atoms with Crippen LogP contribution in [-0.4, -0.2) is 54.6 Å². The first-order valence-electron chi connectivity index (χ1n) is 12.9. The summed E-state index contributed by atoms with van der Waals surface area (Å²) < 4.78 is 5.14. The predicted octanol–water partition coefficient (Wildman–Crippen LogP) is -1.29. The SMILES string of the molecule is COc1cc(=O)c2c(=O)c3c(c(=O)c=2c1=O)=C(O)C1(CCc2cc4cc(C=NN5C(=O)CSC5=S)[nH]c(=O)c4c(O)c21)C=3O. The van der Waals surface area contributed by atoms with Crippen LogP contribution < -0.4 is 42.4 Å². The summed E-state index contributed by atoms with van der Waals surface area (Å²) in [6, 6.07) is 3.82. The number of pyridine rings is 1. The van der Waals surface area contributed by atoms with Gasteiger partial charge in [0, 0.05) is 11.6 Å². The first kappa shape index (κ1) is 27.7. The molecule has 1 fully saturated rings. The number of phenolic OH excluding ortho intramolecular Hbond substituents is 1. The Hall–Kier alpha value is -5.15. The van der Waals surface area contributed by atoms with Crippen molar-refractivity contribution in [3.63, 3.8) is 0 Å². The summed E-state index contributed by atoms with van der Waals surface area (Å²) in [6.07, 6.45) is 1.24. The Labute approximate surface area is 252 Å². The van der Waals surface area contributed by atoms with E-state index < -0.39 is 76.6 Å². The van der Waals surface area contributed by atoms with Crippen LogP contribution in [0.15, 0.2) is 47.3 Å². The monoisotopic (exact) mass is 631 g/mol. The molecule has 15 heteroatoms. The van der Waals surface area contributed by atoms with Crippen LogP contribution in [-0.2, 0) is 16.6 Å². The Kier molecular flexibility index (Phi) is 5.77. The number of hydrogen-bond acceptors (Lipinski definition) is 13. The highest BCUT2D eigenvalue weighted by molar-refractivity contribution is 8.23. The lowest BCUT2D eigenvalue weighted by molar-refractivity contribution is -0.124. The van der Waals surface area contributed by atoms with Crippen molar-refractivity contribution in [2.45, 2.75) is 18.3 Å². The molecule has 1 spiro atoms. The number of methoxy groups -OCH3 is 1. The number of hydrogen-bond donors (Lipinski definition) is 4. The molecule has 2 heterocycles. The Balaban J connectivity index is 1.49. The van der Waals surface area contributed by atoms with E-state index >= 15 is 0 Å². The minimum Gasteiger partial charge on any atom is -0.510 e. The Bertz CT molecular complexity index is 2570. The number of aromatic hydroxyl groups is 1. The molecule has 13 nitrogen and oxygen atoms in total. The van der Waals surface area contributed by atoms with Gasteiger partial charge in [0.2, 0.25) is 16.3 Å². The number of nitrogens with one attached hydrogen (secondary N) is 1. The van der Waals surface area contributed by atoms with E-state index in [1.54, 1.807) is 6.07 Å². The molecule has 0 bridgehead atoms. The molecule has 1 aromatic carbocycles. The fourth-order valence-corrected chi connectivity index (χ4v) is 7.38. The van der Waals surface area contributed by atoms with Gasteiger partial charge in [-0.25, -0.2) is 0 Å². The fourth-order valence-electron chi connectivity index (χ4n) is 6.42. The van der Waals surface area contributed by atoms with E-state index in [1.807, 2.05) is 0 Å². The maximum absolute atomic E-state index is 13.6. The quantitative estimate of drug-likeness (QED) is 0.154. The van der Waals surface area contributed by atoms with Crippen molar-refractivity contribution in [2.75, 3.05) is 12.9 Å². The van der Waals surface area contributed by atoms with Gasteiger partial charge < -0.3 is 25.0 Å². The van der Waals surface area contributed by atoms with Crippen molar-refractivity contribution in [3.8, 4) is 11.5 Å². The molecule has 1 aliphatic heterocycles. The summed E-state index contributed by atoms with van der Waals surface area (Å²) in [6.45, 7) is 0. The lowest BCUT2D eigenvalue weighted by Crippen LogP contribution is -2.51. The zero-order valence-corrected chi connectivity index (χ0v) is 24.0. The average molecular weight is 632 g/mol. The largest absolute Gasteiger partial charge is 0.510 e. The van der Waals surface area contributed by atoms with Gasteiger partial charge in [0.1, 0.15) is 22.7 Å². The van der Waals surface area contributed by atoms with Gasteiger partial charge in [-0.1, -0.05) is 30.0 Å². The molecule has 5 aliphatic rings. The van der Waals surface area contributed by atoms with Gasteiger partial charge >= 0.3 is 0 Å². The van der Waals surface area contributed by atoms with Crippen molar-refractivity contribution >= 4 is 62.7 Å². The molecule has 1 unspecified atom stereocenters. The number of benzene rings is 1. The first-order valence-corrected chi connectivity index (χ1v) is 14.3. The summed E-state index contributed by atoms with van der Waals surface area (Å²) in [5.41, 5.74) is -6.58. The minimum atomic E-state index is -2.00. The van der Waals surface area contributed by atoms with Crippen molar-refractivity contribution in [1.29, 1.82) is 0 Å². The van der Waals surface area contributed by atoms with E-state index in [9.17, 15) is 44.1 Å². The van der Waals surface area contributed by atoms with Crippen molar-refractivity contribution < 1.29 is 24.9 Å². The number of aryl methyl sites for hydroxylation is 1. The fraction of sp³-hybridized carbons (Fsp3) is 0.172. The molecule has 1 atom stereocenters. The van der Waals surface area contributed by atoms with Gasteiger partial charge in [-0.2, -0.15) is 10.1 Å². The number of aliphatic hydroxyl groups is 2. The van der Waals surface area contributed by atoms with Crippen molar-refractivity contribution in [1.82, 2.24) is 9.99 Å². The third-order valence-corrected chi connectivity index (χ3v) is 9.65. The predicted molar refractivity (Wildman–Crippen MR) is 163 cm³/mol. The number of phenols is 1. The number of rotatable bonds is 3. The highest BCUT2D eigenvalue weighted by atomic mass is 32.2. The number of aromatic nitrogens is 1. The number of ether oxygens (including phenoxy) is 1. The van der Waals surface area contributed by atoms with Crippen LogP contribution in [0.4, 0.5) is 0 Å². The van der Waals surface area contributed by atoms with E-state index in [2.05, 4.69) is 10.1 Å². The summed E-state index contributed by atoms with van der Waals surface area (Å²) in [4.78, 5) is 80.6. The van der Waals surface area contributed by atoms with Crippen LogP contribution in [0.3, 0.4) is 0 Å². The van der Waals surface area contributed by atoms with E-state index in [1.165, 1.54) is 12.3 Å². The molecular weight excluding hydrogens is 614 g/mol. The topological polar surface area (TPSA) is 204 Å².